The highest BCUT2D eigenvalue weighted by Crippen LogP contribution is 2.34. The molecule has 1 aliphatic heterocycles. The van der Waals surface area contributed by atoms with Crippen molar-refractivity contribution in [2.75, 3.05) is 6.54 Å². The van der Waals surface area contributed by atoms with E-state index >= 15 is 0 Å². The molecule has 3 amide bonds. The average molecular weight is 425 g/mol. The van der Waals surface area contributed by atoms with Gasteiger partial charge < -0.3 is 21.7 Å². The number of carbonyl (C=O) groups excluding carboxylic acids is 4. The highest BCUT2D eigenvalue weighted by atomic mass is 16.2. The van der Waals surface area contributed by atoms with Crippen molar-refractivity contribution in [1.82, 2.24) is 10.2 Å². The van der Waals surface area contributed by atoms with Gasteiger partial charge in [0, 0.05) is 6.54 Å². The van der Waals surface area contributed by atoms with Gasteiger partial charge in [-0.05, 0) is 36.5 Å². The molecule has 2 aliphatic rings. The van der Waals surface area contributed by atoms with Crippen LogP contribution in [0.15, 0.2) is 0 Å². The Morgan fingerprint density at radius 3 is 2.03 bits per heavy atom. The largest absolute Gasteiger partial charge is 0.363 e. The molecule has 3 atom stereocenters. The summed E-state index contributed by atoms with van der Waals surface area (Å²) in [4.78, 5) is 50.2. The lowest BCUT2D eigenvalue weighted by atomic mass is 9.86. The van der Waals surface area contributed by atoms with Crippen molar-refractivity contribution in [3.05, 3.63) is 0 Å². The molecule has 0 aromatic heterocycles. The Kier molecular flexibility index (Phi) is 9.46. The van der Waals surface area contributed by atoms with E-state index < -0.39 is 41.1 Å². The molecule has 1 saturated carbocycles. The van der Waals surface area contributed by atoms with Crippen LogP contribution >= 0.6 is 0 Å². The minimum atomic E-state index is -1.05. The van der Waals surface area contributed by atoms with Crippen molar-refractivity contribution in [3.63, 3.8) is 0 Å². The smallest absolute Gasteiger partial charge is 0.287 e. The van der Waals surface area contributed by atoms with Crippen molar-refractivity contribution >= 4 is 23.5 Å². The summed E-state index contributed by atoms with van der Waals surface area (Å²) in [5, 5.41) is 2.65. The SMILES string of the molecule is CC(C)(C)C(N)C(=O)N1CCCC1C(=O)NC(CC1CC1)C(=O)C(N)=O.CC(C)C. The number of ketones is 1. The highest BCUT2D eigenvalue weighted by Gasteiger charge is 2.41. The van der Waals surface area contributed by atoms with E-state index in [1.165, 1.54) is 4.90 Å². The standard InChI is InChI=1S/C18H30N4O4.C4H10/c1-18(2,3)14(19)17(26)22-8-4-5-12(22)16(25)21-11(9-10-6-7-10)13(23)15(20)24;1-4(2)3/h10-12,14H,4-9,19H2,1-3H3,(H2,20,24)(H,21,25);4H,1-3H3. The second kappa shape index (κ2) is 10.9. The van der Waals surface area contributed by atoms with Gasteiger partial charge in [-0.25, -0.2) is 0 Å². The Morgan fingerprint density at radius 2 is 1.60 bits per heavy atom. The molecule has 1 aliphatic carbocycles. The molecular formula is C22H40N4O4. The molecule has 3 unspecified atom stereocenters. The summed E-state index contributed by atoms with van der Waals surface area (Å²) in [6.45, 7) is 12.6. The number of rotatable bonds is 7. The highest BCUT2D eigenvalue weighted by molar-refractivity contribution is 6.37. The first-order chi connectivity index (χ1) is 13.8. The number of primary amides is 1. The number of amides is 3. The van der Waals surface area contributed by atoms with E-state index in [1.807, 2.05) is 20.8 Å². The van der Waals surface area contributed by atoms with Gasteiger partial charge in [0.1, 0.15) is 6.04 Å². The van der Waals surface area contributed by atoms with Gasteiger partial charge in [-0.3, -0.25) is 19.2 Å². The molecule has 8 heteroatoms. The molecule has 0 aromatic rings. The van der Waals surface area contributed by atoms with Crippen LogP contribution in [0.1, 0.15) is 73.6 Å². The average Bonchev–Trinajstić information content (AvgIpc) is 3.29. The van der Waals surface area contributed by atoms with Gasteiger partial charge in [0.2, 0.25) is 17.6 Å². The van der Waals surface area contributed by atoms with E-state index in [0.29, 0.717) is 31.7 Å². The Hall–Kier alpha value is -1.96. The second-order valence-electron chi connectivity index (χ2n) is 10.2. The third-order valence-corrected chi connectivity index (χ3v) is 5.18. The normalized spacial score (nSPS) is 20.8. The summed E-state index contributed by atoms with van der Waals surface area (Å²) in [6.07, 6.45) is 3.57. The summed E-state index contributed by atoms with van der Waals surface area (Å²) in [6, 6.07) is -2.30. The lowest BCUT2D eigenvalue weighted by Gasteiger charge is -2.33. The van der Waals surface area contributed by atoms with Crippen molar-refractivity contribution in [3.8, 4) is 0 Å². The Labute approximate surface area is 180 Å². The number of nitrogens with one attached hydrogen (secondary N) is 1. The fourth-order valence-electron chi connectivity index (χ4n) is 3.21. The third kappa shape index (κ3) is 8.05. The molecule has 0 spiro atoms. The second-order valence-corrected chi connectivity index (χ2v) is 10.2. The van der Waals surface area contributed by atoms with Crippen molar-refractivity contribution in [1.29, 1.82) is 0 Å². The van der Waals surface area contributed by atoms with E-state index in [9.17, 15) is 19.2 Å². The maximum absolute atomic E-state index is 12.7. The van der Waals surface area contributed by atoms with Crippen LogP contribution in [0.5, 0.6) is 0 Å². The van der Waals surface area contributed by atoms with Crippen LogP contribution in [0.25, 0.3) is 0 Å². The lowest BCUT2D eigenvalue weighted by Crippen LogP contribution is -2.57. The summed E-state index contributed by atoms with van der Waals surface area (Å²) >= 11 is 0. The van der Waals surface area contributed by atoms with Crippen LogP contribution in [0.2, 0.25) is 0 Å². The third-order valence-electron chi connectivity index (χ3n) is 5.18. The van der Waals surface area contributed by atoms with E-state index in [2.05, 4.69) is 26.1 Å². The maximum Gasteiger partial charge on any atom is 0.287 e. The molecule has 0 radical (unpaired) electrons. The Balaban J connectivity index is 0.00000103. The topological polar surface area (TPSA) is 136 Å². The zero-order valence-electron chi connectivity index (χ0n) is 19.4. The Morgan fingerprint density at radius 1 is 1.07 bits per heavy atom. The van der Waals surface area contributed by atoms with E-state index in [4.69, 9.17) is 11.5 Å². The zero-order valence-corrected chi connectivity index (χ0v) is 19.4. The number of likely N-dealkylation sites (tertiary alicyclic amines) is 1. The van der Waals surface area contributed by atoms with Gasteiger partial charge in [0.25, 0.3) is 5.91 Å². The molecular weight excluding hydrogens is 384 g/mol. The molecule has 5 N–H and O–H groups in total. The summed E-state index contributed by atoms with van der Waals surface area (Å²) in [5.41, 5.74) is 10.7. The summed E-state index contributed by atoms with van der Waals surface area (Å²) in [7, 11) is 0. The van der Waals surface area contributed by atoms with E-state index in [-0.39, 0.29) is 5.91 Å². The van der Waals surface area contributed by atoms with Crippen molar-refractivity contribution in [2.45, 2.75) is 91.8 Å². The molecule has 30 heavy (non-hydrogen) atoms. The maximum atomic E-state index is 12.7. The first-order valence-corrected chi connectivity index (χ1v) is 11.0. The monoisotopic (exact) mass is 424 g/mol. The molecule has 1 heterocycles. The minimum Gasteiger partial charge on any atom is -0.363 e. The fraction of sp³-hybridized carbons (Fsp3) is 0.818. The first-order valence-electron chi connectivity index (χ1n) is 11.0. The number of carbonyl (C=O) groups is 4. The van der Waals surface area contributed by atoms with Gasteiger partial charge >= 0.3 is 0 Å². The van der Waals surface area contributed by atoms with Gasteiger partial charge in [-0.2, -0.15) is 0 Å². The van der Waals surface area contributed by atoms with Crippen LogP contribution in [0.4, 0.5) is 0 Å². The molecule has 0 bridgehead atoms. The number of nitrogens with zero attached hydrogens (tertiary/aromatic N) is 1. The van der Waals surface area contributed by atoms with Crippen LogP contribution in [-0.2, 0) is 19.2 Å². The Bertz CT molecular complexity index is 635. The predicted molar refractivity (Wildman–Crippen MR) is 116 cm³/mol. The van der Waals surface area contributed by atoms with Crippen LogP contribution in [0, 0.1) is 17.3 Å². The van der Waals surface area contributed by atoms with Gasteiger partial charge in [0.15, 0.2) is 0 Å². The van der Waals surface area contributed by atoms with Crippen molar-refractivity contribution < 1.29 is 19.2 Å². The molecule has 2 rings (SSSR count). The zero-order chi connectivity index (χ0) is 23.2. The van der Waals surface area contributed by atoms with Gasteiger partial charge in [-0.1, -0.05) is 54.4 Å². The van der Waals surface area contributed by atoms with Crippen LogP contribution in [0.3, 0.4) is 0 Å². The van der Waals surface area contributed by atoms with E-state index in [1.54, 1.807) is 0 Å². The molecule has 0 aromatic carbocycles. The summed E-state index contributed by atoms with van der Waals surface area (Å²) in [5.74, 6) is -1.36. The van der Waals surface area contributed by atoms with Gasteiger partial charge in [0.05, 0.1) is 12.1 Å². The number of Topliss-reactive ketones (excluding diaryl/α,β-unsaturated/α-hetero) is 1. The summed E-state index contributed by atoms with van der Waals surface area (Å²) < 4.78 is 0. The number of nitrogens with two attached hydrogens (primary N) is 2. The van der Waals surface area contributed by atoms with E-state index in [0.717, 1.165) is 18.8 Å². The molecule has 2 fully saturated rings. The molecule has 8 nitrogen and oxygen atoms in total. The van der Waals surface area contributed by atoms with Crippen molar-refractivity contribution in [2.24, 2.45) is 28.7 Å². The molecule has 172 valence electrons. The van der Waals surface area contributed by atoms with Gasteiger partial charge in [-0.15, -0.1) is 0 Å². The lowest BCUT2D eigenvalue weighted by molar-refractivity contribution is -0.143. The van der Waals surface area contributed by atoms with Crippen LogP contribution in [-0.4, -0.2) is 53.1 Å². The predicted octanol–water partition coefficient (Wildman–Crippen LogP) is 1.35. The first kappa shape index (κ1) is 26.1. The molecule has 1 saturated heterocycles. The minimum absolute atomic E-state index is 0.268. The van der Waals surface area contributed by atoms with Crippen LogP contribution < -0.4 is 16.8 Å². The fourth-order valence-corrected chi connectivity index (χ4v) is 3.21. The quantitative estimate of drug-likeness (QED) is 0.530. The number of hydrogen-bond acceptors (Lipinski definition) is 5. The number of hydrogen-bond donors (Lipinski definition) is 3.